The number of ether oxygens (including phenoxy) is 2. The number of halogens is 1. The van der Waals surface area contributed by atoms with Crippen LogP contribution >= 0.6 is 24.0 Å². The highest BCUT2D eigenvalue weighted by Crippen LogP contribution is 2.33. The van der Waals surface area contributed by atoms with Crippen molar-refractivity contribution >= 4 is 39.8 Å². The van der Waals surface area contributed by atoms with E-state index in [0.717, 1.165) is 32.0 Å². The van der Waals surface area contributed by atoms with Crippen molar-refractivity contribution in [2.45, 2.75) is 32.8 Å². The van der Waals surface area contributed by atoms with Crippen molar-refractivity contribution in [1.82, 2.24) is 10.6 Å². The molecule has 1 aliphatic rings. The highest BCUT2D eigenvalue weighted by Gasteiger charge is 2.27. The third kappa shape index (κ3) is 10.4. The summed E-state index contributed by atoms with van der Waals surface area (Å²) in [6, 6.07) is 8.56. The lowest BCUT2D eigenvalue weighted by molar-refractivity contribution is -0.0250. The minimum absolute atomic E-state index is 0. The quantitative estimate of drug-likeness (QED) is 0.201. The van der Waals surface area contributed by atoms with Gasteiger partial charge < -0.3 is 20.1 Å². The molecule has 9 heteroatoms. The van der Waals surface area contributed by atoms with Crippen LogP contribution in [0.5, 0.6) is 0 Å². The highest BCUT2D eigenvalue weighted by atomic mass is 127. The molecule has 1 aromatic carbocycles. The van der Waals surface area contributed by atoms with Crippen LogP contribution in [0.15, 0.2) is 29.3 Å². The molecule has 1 aromatic rings. The summed E-state index contributed by atoms with van der Waals surface area (Å²) in [7, 11) is -2.98. The zero-order valence-corrected chi connectivity index (χ0v) is 21.4. The van der Waals surface area contributed by atoms with Gasteiger partial charge in [0, 0.05) is 38.4 Å². The molecule has 0 aliphatic carbocycles. The minimum Gasteiger partial charge on any atom is -0.379 e. The zero-order chi connectivity index (χ0) is 21.1. The molecule has 0 bridgehead atoms. The van der Waals surface area contributed by atoms with Crippen LogP contribution < -0.4 is 10.6 Å². The van der Waals surface area contributed by atoms with Crippen LogP contribution in [0.2, 0.25) is 0 Å². The molecule has 2 N–H and O–H groups in total. The van der Waals surface area contributed by atoms with E-state index in [1.54, 1.807) is 0 Å². The van der Waals surface area contributed by atoms with Crippen LogP contribution in [0.25, 0.3) is 0 Å². The van der Waals surface area contributed by atoms with Gasteiger partial charge in [0.2, 0.25) is 0 Å². The summed E-state index contributed by atoms with van der Waals surface area (Å²) in [6.07, 6.45) is 3.44. The molecule has 1 fully saturated rings. The van der Waals surface area contributed by atoms with Crippen LogP contribution in [0.3, 0.4) is 0 Å². The fraction of sp³-hybridized carbons (Fsp3) is 0.667. The van der Waals surface area contributed by atoms with Gasteiger partial charge in [-0.15, -0.1) is 24.0 Å². The van der Waals surface area contributed by atoms with Crippen LogP contribution in [0.4, 0.5) is 0 Å². The van der Waals surface area contributed by atoms with Crippen molar-refractivity contribution in [3.63, 3.8) is 0 Å². The third-order valence-electron chi connectivity index (χ3n) is 4.82. The molecule has 2 rings (SSSR count). The Balaban J connectivity index is 0.00000450. The Hall–Kier alpha value is -0.910. The molecular formula is C21H36IN3O4S. The summed E-state index contributed by atoms with van der Waals surface area (Å²) in [5, 5.41) is 6.49. The van der Waals surface area contributed by atoms with Crippen LogP contribution in [-0.2, 0) is 19.3 Å². The predicted octanol–water partition coefficient (Wildman–Crippen LogP) is 2.70. The molecule has 1 saturated heterocycles. The van der Waals surface area contributed by atoms with Gasteiger partial charge in [-0.05, 0) is 32.3 Å². The van der Waals surface area contributed by atoms with E-state index < -0.39 is 9.84 Å². The molecule has 172 valence electrons. The fourth-order valence-corrected chi connectivity index (χ4v) is 3.68. The first-order valence-corrected chi connectivity index (χ1v) is 12.4. The second-order valence-electron chi connectivity index (χ2n) is 7.49. The number of rotatable bonds is 10. The normalized spacial score (nSPS) is 19.8. The van der Waals surface area contributed by atoms with Crippen molar-refractivity contribution < 1.29 is 17.9 Å². The summed E-state index contributed by atoms with van der Waals surface area (Å²) < 4.78 is 33.7. The molecule has 0 radical (unpaired) electrons. The minimum atomic E-state index is -2.98. The maximum Gasteiger partial charge on any atom is 0.191 e. The van der Waals surface area contributed by atoms with Crippen molar-refractivity contribution in [3.8, 4) is 0 Å². The summed E-state index contributed by atoms with van der Waals surface area (Å²) in [6.45, 7) is 7.57. The van der Waals surface area contributed by atoms with Gasteiger partial charge in [-0.2, -0.15) is 0 Å². The Morgan fingerprint density at radius 2 is 1.97 bits per heavy atom. The molecule has 2 atom stereocenters. The first-order valence-electron chi connectivity index (χ1n) is 10.3. The van der Waals surface area contributed by atoms with E-state index in [1.807, 2.05) is 6.92 Å². The predicted molar refractivity (Wildman–Crippen MR) is 133 cm³/mol. The van der Waals surface area contributed by atoms with Gasteiger partial charge in [0.1, 0.15) is 9.84 Å². The summed E-state index contributed by atoms with van der Waals surface area (Å²) in [4.78, 5) is 4.75. The van der Waals surface area contributed by atoms with Crippen molar-refractivity contribution in [2.75, 3.05) is 51.5 Å². The lowest BCUT2D eigenvalue weighted by Crippen LogP contribution is -2.39. The molecule has 30 heavy (non-hydrogen) atoms. The number of aryl methyl sites for hydroxylation is 1. The largest absolute Gasteiger partial charge is 0.379 e. The number of nitrogens with zero attached hydrogens (tertiary/aromatic N) is 1. The van der Waals surface area contributed by atoms with Gasteiger partial charge >= 0.3 is 0 Å². The van der Waals surface area contributed by atoms with E-state index in [2.05, 4.69) is 41.8 Å². The molecule has 7 nitrogen and oxygen atoms in total. The van der Waals surface area contributed by atoms with Gasteiger partial charge in [-0.1, -0.05) is 29.8 Å². The molecule has 0 spiro atoms. The van der Waals surface area contributed by atoms with Crippen LogP contribution in [0.1, 0.15) is 37.0 Å². The van der Waals surface area contributed by atoms with Crippen molar-refractivity contribution in [3.05, 3.63) is 35.4 Å². The molecule has 1 aliphatic heterocycles. The lowest BCUT2D eigenvalue weighted by Gasteiger charge is -2.31. The van der Waals surface area contributed by atoms with Gasteiger partial charge in [-0.25, -0.2) is 8.42 Å². The topological polar surface area (TPSA) is 89.0 Å². The number of guanidine groups is 1. The fourth-order valence-electron chi connectivity index (χ4n) is 3.26. The number of nitrogens with one attached hydrogen (secondary N) is 2. The molecule has 0 aromatic heterocycles. The summed E-state index contributed by atoms with van der Waals surface area (Å²) >= 11 is 0. The van der Waals surface area contributed by atoms with Gasteiger partial charge in [0.05, 0.1) is 25.1 Å². The Bertz CT molecular complexity index is 741. The number of benzene rings is 1. The van der Waals surface area contributed by atoms with Crippen molar-refractivity contribution in [1.29, 1.82) is 0 Å². The first kappa shape index (κ1) is 27.1. The number of hydrogen-bond acceptors (Lipinski definition) is 5. The summed E-state index contributed by atoms with van der Waals surface area (Å²) in [5.41, 5.74) is 2.46. The van der Waals surface area contributed by atoms with Crippen LogP contribution in [0, 0.1) is 12.8 Å². The van der Waals surface area contributed by atoms with E-state index in [0.29, 0.717) is 25.6 Å². The second kappa shape index (κ2) is 14.2. The van der Waals surface area contributed by atoms with Gasteiger partial charge in [0.15, 0.2) is 5.96 Å². The lowest BCUT2D eigenvalue weighted by atomic mass is 9.89. The third-order valence-corrected chi connectivity index (χ3v) is 5.72. The van der Waals surface area contributed by atoms with E-state index in [9.17, 15) is 8.42 Å². The first-order chi connectivity index (χ1) is 13.9. The average molecular weight is 554 g/mol. The van der Waals surface area contributed by atoms with E-state index in [4.69, 9.17) is 14.5 Å². The Morgan fingerprint density at radius 1 is 1.23 bits per heavy atom. The number of aliphatic imine (C=N–C) groups is 1. The molecule has 2 unspecified atom stereocenters. The number of sulfone groups is 1. The zero-order valence-electron chi connectivity index (χ0n) is 18.2. The Kier molecular flexibility index (Phi) is 12.8. The van der Waals surface area contributed by atoms with Gasteiger partial charge in [-0.3, -0.25) is 4.99 Å². The van der Waals surface area contributed by atoms with E-state index >= 15 is 0 Å². The van der Waals surface area contributed by atoms with Gasteiger partial charge in [0.25, 0.3) is 0 Å². The van der Waals surface area contributed by atoms with E-state index in [-0.39, 0.29) is 42.4 Å². The van der Waals surface area contributed by atoms with E-state index in [1.165, 1.54) is 17.4 Å². The monoisotopic (exact) mass is 553 g/mol. The standard InChI is InChI=1S/C21H35N3O4S.HI/c1-4-22-21(23-11-13-27-14-15-29(3,25)26)24-16-19-6-5-12-28-20(19)18-9-7-17(2)8-10-18;/h7-10,19-20H,4-6,11-16H2,1-3H3,(H2,22,23,24);1H. The molecule has 0 amide bonds. The second-order valence-corrected chi connectivity index (χ2v) is 9.75. The SMILES string of the molecule is CCNC(=NCC1CCCOC1c1ccc(C)cc1)NCCOCCS(C)(=O)=O.I. The molecule has 1 heterocycles. The highest BCUT2D eigenvalue weighted by molar-refractivity contribution is 14.0. The van der Waals surface area contributed by atoms with Crippen molar-refractivity contribution in [2.24, 2.45) is 10.9 Å². The smallest absolute Gasteiger partial charge is 0.191 e. The number of hydrogen-bond donors (Lipinski definition) is 2. The Labute approximate surface area is 198 Å². The maximum atomic E-state index is 11.1. The summed E-state index contributed by atoms with van der Waals surface area (Å²) in [5.74, 6) is 1.13. The van der Waals surface area contributed by atoms with Crippen LogP contribution in [-0.4, -0.2) is 65.8 Å². The maximum absolute atomic E-state index is 11.1. The Morgan fingerprint density at radius 3 is 2.63 bits per heavy atom. The average Bonchev–Trinajstić information content (AvgIpc) is 2.69. The molecule has 0 saturated carbocycles. The molecular weight excluding hydrogens is 517 g/mol.